The summed E-state index contributed by atoms with van der Waals surface area (Å²) >= 11 is 0. The molecule has 0 bridgehead atoms. The van der Waals surface area contributed by atoms with E-state index in [9.17, 15) is 18.0 Å². The summed E-state index contributed by atoms with van der Waals surface area (Å²) < 4.78 is 29.2. The van der Waals surface area contributed by atoms with Crippen LogP contribution in [0.5, 0.6) is 0 Å². The smallest absolute Gasteiger partial charge is 0.264 e. The summed E-state index contributed by atoms with van der Waals surface area (Å²) in [6.07, 6.45) is 0.260. The first-order valence-corrected chi connectivity index (χ1v) is 16.1. The summed E-state index contributed by atoms with van der Waals surface area (Å²) in [5.74, 6) is -0.801. The van der Waals surface area contributed by atoms with Crippen LogP contribution >= 0.6 is 0 Å². The zero-order valence-corrected chi connectivity index (χ0v) is 26.8. The molecule has 0 aliphatic rings. The van der Waals surface area contributed by atoms with Gasteiger partial charge in [-0.25, -0.2) is 8.42 Å². The van der Waals surface area contributed by atoms with Crippen molar-refractivity contribution in [1.29, 1.82) is 0 Å². The van der Waals surface area contributed by atoms with Crippen molar-refractivity contribution in [3.05, 3.63) is 131 Å². The van der Waals surface area contributed by atoms with Gasteiger partial charge >= 0.3 is 0 Å². The van der Waals surface area contributed by atoms with Crippen LogP contribution in [0, 0.1) is 13.8 Å². The minimum absolute atomic E-state index is 0.0739. The summed E-state index contributed by atoms with van der Waals surface area (Å²) in [4.78, 5) is 30.0. The predicted molar refractivity (Wildman–Crippen MR) is 176 cm³/mol. The molecule has 0 heterocycles. The molecule has 44 heavy (non-hydrogen) atoms. The molecule has 4 aromatic carbocycles. The topological polar surface area (TPSA) is 86.8 Å². The molecule has 230 valence electrons. The van der Waals surface area contributed by atoms with E-state index in [-0.39, 0.29) is 23.8 Å². The molecule has 1 atom stereocenters. The monoisotopic (exact) mass is 611 g/mol. The van der Waals surface area contributed by atoms with Gasteiger partial charge in [-0.2, -0.15) is 0 Å². The lowest BCUT2D eigenvalue weighted by atomic mass is 10.0. The number of nitrogens with zero attached hydrogens (tertiary/aromatic N) is 2. The van der Waals surface area contributed by atoms with Crippen LogP contribution in [-0.4, -0.2) is 43.3 Å². The Balaban J connectivity index is 1.80. The minimum atomic E-state index is -4.12. The van der Waals surface area contributed by atoms with Gasteiger partial charge in [0, 0.05) is 18.5 Å². The molecule has 2 amide bonds. The molecule has 0 fully saturated rings. The molecule has 1 unspecified atom stereocenters. The van der Waals surface area contributed by atoms with Crippen molar-refractivity contribution >= 4 is 27.5 Å². The fraction of sp³-hybridized carbons (Fsp3) is 0.278. The second-order valence-corrected chi connectivity index (χ2v) is 14.0. The highest BCUT2D eigenvalue weighted by molar-refractivity contribution is 7.92. The summed E-state index contributed by atoms with van der Waals surface area (Å²) in [6, 6.07) is 31.5. The van der Waals surface area contributed by atoms with Crippen LogP contribution in [-0.2, 0) is 32.6 Å². The van der Waals surface area contributed by atoms with E-state index in [1.807, 2.05) is 101 Å². The first kappa shape index (κ1) is 32.5. The van der Waals surface area contributed by atoms with Crippen molar-refractivity contribution in [2.75, 3.05) is 10.8 Å². The van der Waals surface area contributed by atoms with Crippen molar-refractivity contribution in [2.24, 2.45) is 0 Å². The highest BCUT2D eigenvalue weighted by Crippen LogP contribution is 2.25. The summed E-state index contributed by atoms with van der Waals surface area (Å²) in [6.45, 7) is 9.21. The number of rotatable bonds is 11. The SMILES string of the molecule is Cc1ccc(CN(C(=O)CN(c2ccc(C)cc2)S(=O)(=O)c2ccccc2)C(Cc2ccccc2)C(=O)NC(C)(C)C)cc1. The molecule has 7 nitrogen and oxygen atoms in total. The quantitative estimate of drug-likeness (QED) is 0.224. The number of anilines is 1. The largest absolute Gasteiger partial charge is 0.350 e. The summed E-state index contributed by atoms with van der Waals surface area (Å²) in [5, 5.41) is 3.05. The number of amides is 2. The molecule has 0 spiro atoms. The van der Waals surface area contributed by atoms with E-state index in [4.69, 9.17) is 0 Å². The van der Waals surface area contributed by atoms with E-state index in [1.54, 1.807) is 30.3 Å². The molecule has 0 aromatic heterocycles. The maximum Gasteiger partial charge on any atom is 0.264 e. The zero-order chi connectivity index (χ0) is 31.9. The molecule has 0 aliphatic heterocycles. The molecule has 4 aromatic rings. The lowest BCUT2D eigenvalue weighted by Gasteiger charge is -2.35. The van der Waals surface area contributed by atoms with Crippen molar-refractivity contribution in [3.63, 3.8) is 0 Å². The van der Waals surface area contributed by atoms with Gasteiger partial charge in [0.05, 0.1) is 10.6 Å². The van der Waals surface area contributed by atoms with E-state index < -0.39 is 34.1 Å². The van der Waals surface area contributed by atoms with Gasteiger partial charge in [-0.1, -0.05) is 96.1 Å². The molecular formula is C36H41N3O4S. The third kappa shape index (κ3) is 8.57. The van der Waals surface area contributed by atoms with Crippen LogP contribution < -0.4 is 9.62 Å². The summed E-state index contributed by atoms with van der Waals surface area (Å²) in [5.41, 5.74) is 3.56. The fourth-order valence-electron chi connectivity index (χ4n) is 4.86. The Morgan fingerprint density at radius 1 is 0.727 bits per heavy atom. The van der Waals surface area contributed by atoms with Crippen LogP contribution in [0.25, 0.3) is 0 Å². The first-order valence-electron chi connectivity index (χ1n) is 14.7. The number of benzene rings is 4. The standard InChI is InChI=1S/C36H41N3O4S/c1-27-16-20-30(21-17-27)25-38(33(35(41)37-36(3,4)5)24-29-12-8-6-9-13-29)34(40)26-39(31-22-18-28(2)19-23-31)44(42,43)32-14-10-7-11-15-32/h6-23,33H,24-26H2,1-5H3,(H,37,41). The van der Waals surface area contributed by atoms with E-state index in [0.29, 0.717) is 5.69 Å². The Morgan fingerprint density at radius 3 is 1.80 bits per heavy atom. The third-order valence-electron chi connectivity index (χ3n) is 7.17. The Bertz CT molecular complexity index is 1650. The van der Waals surface area contributed by atoms with Crippen molar-refractivity contribution < 1.29 is 18.0 Å². The van der Waals surface area contributed by atoms with Gasteiger partial charge < -0.3 is 10.2 Å². The van der Waals surface area contributed by atoms with Gasteiger partial charge in [-0.15, -0.1) is 0 Å². The highest BCUT2D eigenvalue weighted by atomic mass is 32.2. The zero-order valence-electron chi connectivity index (χ0n) is 26.0. The van der Waals surface area contributed by atoms with Crippen LogP contribution in [0.2, 0.25) is 0 Å². The normalized spacial score (nSPS) is 12.3. The minimum Gasteiger partial charge on any atom is -0.350 e. The number of nitrogens with one attached hydrogen (secondary N) is 1. The van der Waals surface area contributed by atoms with Gasteiger partial charge in [-0.05, 0) is 70.0 Å². The Kier molecular flexibility index (Phi) is 10.3. The average molecular weight is 612 g/mol. The molecular weight excluding hydrogens is 570 g/mol. The Hall–Kier alpha value is -4.43. The second kappa shape index (κ2) is 13.9. The number of carbonyl (C=O) groups is 2. The van der Waals surface area contributed by atoms with E-state index in [2.05, 4.69) is 5.32 Å². The molecule has 8 heteroatoms. The molecule has 0 saturated carbocycles. The number of hydrogen-bond acceptors (Lipinski definition) is 4. The Labute approximate surface area is 261 Å². The fourth-order valence-corrected chi connectivity index (χ4v) is 6.29. The molecule has 0 saturated heterocycles. The number of aryl methyl sites for hydroxylation is 2. The van der Waals surface area contributed by atoms with Crippen molar-refractivity contribution in [3.8, 4) is 0 Å². The van der Waals surface area contributed by atoms with Crippen molar-refractivity contribution in [1.82, 2.24) is 10.2 Å². The lowest BCUT2D eigenvalue weighted by Crippen LogP contribution is -2.56. The van der Waals surface area contributed by atoms with E-state index in [0.717, 1.165) is 26.6 Å². The lowest BCUT2D eigenvalue weighted by molar-refractivity contribution is -0.140. The number of hydrogen-bond donors (Lipinski definition) is 1. The van der Waals surface area contributed by atoms with Crippen LogP contribution in [0.15, 0.2) is 114 Å². The summed E-state index contributed by atoms with van der Waals surface area (Å²) in [7, 11) is -4.12. The van der Waals surface area contributed by atoms with Gasteiger partial charge in [0.2, 0.25) is 11.8 Å². The maximum atomic E-state index is 14.5. The average Bonchev–Trinajstić information content (AvgIpc) is 2.99. The second-order valence-electron chi connectivity index (χ2n) is 12.1. The maximum absolute atomic E-state index is 14.5. The first-order chi connectivity index (χ1) is 20.8. The van der Waals surface area contributed by atoms with E-state index in [1.165, 1.54) is 17.0 Å². The van der Waals surface area contributed by atoms with Crippen LogP contribution in [0.3, 0.4) is 0 Å². The number of carbonyl (C=O) groups excluding carboxylic acids is 2. The van der Waals surface area contributed by atoms with Gasteiger partial charge in [0.25, 0.3) is 10.0 Å². The number of sulfonamides is 1. The highest BCUT2D eigenvalue weighted by Gasteiger charge is 2.35. The molecule has 4 rings (SSSR count). The molecule has 1 N–H and O–H groups in total. The molecule has 0 radical (unpaired) electrons. The predicted octanol–water partition coefficient (Wildman–Crippen LogP) is 6.05. The van der Waals surface area contributed by atoms with Crippen LogP contribution in [0.1, 0.15) is 43.0 Å². The van der Waals surface area contributed by atoms with Gasteiger partial charge in [0.1, 0.15) is 12.6 Å². The third-order valence-corrected chi connectivity index (χ3v) is 8.96. The van der Waals surface area contributed by atoms with E-state index >= 15 is 0 Å². The van der Waals surface area contributed by atoms with Crippen molar-refractivity contribution in [2.45, 2.75) is 64.1 Å². The Morgan fingerprint density at radius 2 is 1.25 bits per heavy atom. The van der Waals surface area contributed by atoms with Gasteiger partial charge in [0.15, 0.2) is 0 Å². The van der Waals surface area contributed by atoms with Crippen LogP contribution in [0.4, 0.5) is 5.69 Å². The van der Waals surface area contributed by atoms with Gasteiger partial charge in [-0.3, -0.25) is 13.9 Å². The molecule has 0 aliphatic carbocycles.